The van der Waals surface area contributed by atoms with Crippen molar-refractivity contribution in [3.63, 3.8) is 0 Å². The molecule has 0 radical (unpaired) electrons. The van der Waals surface area contributed by atoms with Gasteiger partial charge in [-0.05, 0) is 56.5 Å². The molecule has 0 amide bonds. The molecule has 0 bridgehead atoms. The number of nitrogens with zero attached hydrogens (tertiary/aromatic N) is 3. The largest absolute Gasteiger partial charge is 0.458 e. The van der Waals surface area contributed by atoms with E-state index < -0.39 is 10.0 Å². The molecule has 1 aromatic carbocycles. The second kappa shape index (κ2) is 7.35. The number of aromatic nitrogens is 2. The number of piperidine rings is 1. The van der Waals surface area contributed by atoms with Crippen molar-refractivity contribution >= 4 is 21.6 Å². The smallest absolute Gasteiger partial charge is 0.243 e. The molecule has 0 N–H and O–H groups in total. The van der Waals surface area contributed by atoms with Crippen molar-refractivity contribution in [2.24, 2.45) is 0 Å². The van der Waals surface area contributed by atoms with Gasteiger partial charge in [-0.25, -0.2) is 8.42 Å². The van der Waals surface area contributed by atoms with Crippen LogP contribution in [0.3, 0.4) is 0 Å². The van der Waals surface area contributed by atoms with E-state index in [4.69, 9.17) is 20.5 Å². The molecule has 7 nitrogen and oxygen atoms in total. The van der Waals surface area contributed by atoms with Gasteiger partial charge in [-0.15, -0.1) is 0 Å². The number of aryl methyl sites for hydroxylation is 2. The highest BCUT2D eigenvalue weighted by atomic mass is 35.5. The van der Waals surface area contributed by atoms with Crippen LogP contribution >= 0.6 is 11.6 Å². The normalized spacial score (nSPS) is 18.5. The minimum atomic E-state index is -3.66. The van der Waals surface area contributed by atoms with Crippen LogP contribution in [0.1, 0.15) is 36.0 Å². The zero-order chi connectivity index (χ0) is 19.9. The lowest BCUT2D eigenvalue weighted by atomic mass is 10.00. The average Bonchev–Trinajstić information content (AvgIpc) is 3.33. The molecule has 1 fully saturated rings. The number of rotatable bonds is 4. The topological polar surface area (TPSA) is 89.4 Å². The number of hydrogen-bond donors (Lipinski definition) is 0. The second-order valence-electron chi connectivity index (χ2n) is 6.98. The fraction of sp³-hybridized carbons (Fsp3) is 0.368. The van der Waals surface area contributed by atoms with E-state index in [0.29, 0.717) is 41.0 Å². The van der Waals surface area contributed by atoms with Gasteiger partial charge >= 0.3 is 0 Å². The van der Waals surface area contributed by atoms with Crippen molar-refractivity contribution in [3.8, 4) is 11.6 Å². The summed E-state index contributed by atoms with van der Waals surface area (Å²) >= 11 is 6.02. The Morgan fingerprint density at radius 3 is 2.79 bits per heavy atom. The Morgan fingerprint density at radius 2 is 2.04 bits per heavy atom. The summed E-state index contributed by atoms with van der Waals surface area (Å²) in [4.78, 5) is 4.66. The predicted molar refractivity (Wildman–Crippen MR) is 104 cm³/mol. The minimum Gasteiger partial charge on any atom is -0.458 e. The Morgan fingerprint density at radius 1 is 1.21 bits per heavy atom. The Hall–Kier alpha value is -2.16. The lowest BCUT2D eigenvalue weighted by molar-refractivity contribution is 0.265. The van der Waals surface area contributed by atoms with Gasteiger partial charge in [0.25, 0.3) is 0 Å². The fourth-order valence-corrected chi connectivity index (χ4v) is 5.42. The van der Waals surface area contributed by atoms with Crippen molar-refractivity contribution in [1.82, 2.24) is 14.4 Å². The third kappa shape index (κ3) is 3.59. The fourth-order valence-electron chi connectivity index (χ4n) is 3.41. The summed E-state index contributed by atoms with van der Waals surface area (Å²) in [6.07, 6.45) is 1.49. The highest BCUT2D eigenvalue weighted by Gasteiger charge is 2.34. The van der Waals surface area contributed by atoms with Crippen LogP contribution in [0.4, 0.5) is 0 Å². The molecule has 0 spiro atoms. The maximum Gasteiger partial charge on any atom is 0.243 e. The Labute approximate surface area is 168 Å². The number of halogens is 1. The molecule has 1 saturated heterocycles. The first-order chi connectivity index (χ1) is 13.3. The maximum atomic E-state index is 13.2. The quantitative estimate of drug-likeness (QED) is 0.628. The van der Waals surface area contributed by atoms with Crippen LogP contribution in [0, 0.1) is 13.8 Å². The molecule has 3 aromatic rings. The lowest BCUT2D eigenvalue weighted by Gasteiger charge is -2.30. The minimum absolute atomic E-state index is 0.166. The Balaban J connectivity index is 1.58. The van der Waals surface area contributed by atoms with Gasteiger partial charge in [0.2, 0.25) is 21.7 Å². The zero-order valence-electron chi connectivity index (χ0n) is 15.6. The van der Waals surface area contributed by atoms with E-state index >= 15 is 0 Å². The molecule has 1 aliphatic rings. The number of benzene rings is 1. The van der Waals surface area contributed by atoms with Gasteiger partial charge in [-0.1, -0.05) is 22.8 Å². The molecule has 2 aromatic heterocycles. The van der Waals surface area contributed by atoms with Crippen LogP contribution in [0.5, 0.6) is 0 Å². The van der Waals surface area contributed by atoms with E-state index in [1.807, 2.05) is 13.0 Å². The molecule has 3 heterocycles. The van der Waals surface area contributed by atoms with Crippen LogP contribution in [-0.4, -0.2) is 36.0 Å². The van der Waals surface area contributed by atoms with Gasteiger partial charge in [-0.2, -0.15) is 9.29 Å². The van der Waals surface area contributed by atoms with Gasteiger partial charge in [-0.3, -0.25) is 0 Å². The van der Waals surface area contributed by atoms with Gasteiger partial charge in [0.05, 0.1) is 10.8 Å². The molecule has 0 aliphatic carbocycles. The molecular formula is C19H20ClN3O4S. The molecule has 0 unspecified atom stereocenters. The summed E-state index contributed by atoms with van der Waals surface area (Å²) < 4.78 is 38.7. The second-order valence-corrected chi connectivity index (χ2v) is 9.32. The van der Waals surface area contributed by atoms with Crippen LogP contribution in [0.2, 0.25) is 5.02 Å². The van der Waals surface area contributed by atoms with E-state index in [2.05, 4.69) is 10.1 Å². The van der Waals surface area contributed by atoms with Crippen molar-refractivity contribution in [1.29, 1.82) is 0 Å². The van der Waals surface area contributed by atoms with Crippen molar-refractivity contribution < 1.29 is 17.4 Å². The summed E-state index contributed by atoms with van der Waals surface area (Å²) in [7, 11) is -3.66. The first-order valence-electron chi connectivity index (χ1n) is 9.01. The van der Waals surface area contributed by atoms with E-state index in [-0.39, 0.29) is 17.4 Å². The standard InChI is InChI=1S/C19H20ClN3O4S/c1-12-5-7-15(20)10-17(12)28(24,25)23-9-3-4-14(11-23)19-21-18(22-27-19)16-8-6-13(2)26-16/h5-8,10,14H,3-4,9,11H2,1-2H3/t14-/m0/s1. The first-order valence-corrected chi connectivity index (χ1v) is 10.8. The van der Waals surface area contributed by atoms with Gasteiger partial charge in [0, 0.05) is 18.1 Å². The van der Waals surface area contributed by atoms with E-state index in [9.17, 15) is 8.42 Å². The third-order valence-corrected chi connectivity index (χ3v) is 7.15. The summed E-state index contributed by atoms with van der Waals surface area (Å²) in [5.41, 5.74) is 0.666. The number of furan rings is 1. The highest BCUT2D eigenvalue weighted by molar-refractivity contribution is 7.89. The molecule has 28 heavy (non-hydrogen) atoms. The van der Waals surface area contributed by atoms with Gasteiger partial charge in [0.15, 0.2) is 5.76 Å². The Kier molecular flexibility index (Phi) is 5.03. The lowest BCUT2D eigenvalue weighted by Crippen LogP contribution is -2.39. The maximum absolute atomic E-state index is 13.2. The van der Waals surface area contributed by atoms with E-state index in [0.717, 1.165) is 12.2 Å². The van der Waals surface area contributed by atoms with E-state index in [1.165, 1.54) is 10.4 Å². The van der Waals surface area contributed by atoms with Gasteiger partial charge in [0.1, 0.15) is 5.76 Å². The van der Waals surface area contributed by atoms with Crippen molar-refractivity contribution in [2.75, 3.05) is 13.1 Å². The molecule has 148 valence electrons. The average molecular weight is 422 g/mol. The highest BCUT2D eigenvalue weighted by Crippen LogP contribution is 2.32. The molecule has 1 aliphatic heterocycles. The van der Waals surface area contributed by atoms with Crippen molar-refractivity contribution in [3.05, 3.63) is 52.6 Å². The summed E-state index contributed by atoms with van der Waals surface area (Å²) in [5, 5.41) is 4.38. The molecule has 4 rings (SSSR count). The molecule has 0 saturated carbocycles. The van der Waals surface area contributed by atoms with Crippen LogP contribution in [0.15, 0.2) is 44.2 Å². The molecule has 9 heteroatoms. The number of hydrogen-bond acceptors (Lipinski definition) is 6. The van der Waals surface area contributed by atoms with Crippen LogP contribution in [0.25, 0.3) is 11.6 Å². The van der Waals surface area contributed by atoms with Gasteiger partial charge < -0.3 is 8.94 Å². The SMILES string of the molecule is Cc1ccc(-c2noc([C@H]3CCCN(S(=O)(=O)c4cc(Cl)ccc4C)C3)n2)o1. The monoisotopic (exact) mass is 421 g/mol. The van der Waals surface area contributed by atoms with E-state index in [1.54, 1.807) is 25.1 Å². The summed E-state index contributed by atoms with van der Waals surface area (Å²) in [5.74, 6) is 1.91. The van der Waals surface area contributed by atoms with Crippen LogP contribution < -0.4 is 0 Å². The van der Waals surface area contributed by atoms with Crippen LogP contribution in [-0.2, 0) is 10.0 Å². The third-order valence-electron chi connectivity index (χ3n) is 4.90. The predicted octanol–water partition coefficient (Wildman–Crippen LogP) is 4.17. The first kappa shape index (κ1) is 19.2. The zero-order valence-corrected chi connectivity index (χ0v) is 17.1. The molecule has 1 atom stereocenters. The Bertz CT molecular complexity index is 1110. The number of sulfonamides is 1. The molecular weight excluding hydrogens is 402 g/mol. The summed E-state index contributed by atoms with van der Waals surface area (Å²) in [6, 6.07) is 8.51. The van der Waals surface area contributed by atoms with Crippen molar-refractivity contribution in [2.45, 2.75) is 37.5 Å². The summed E-state index contributed by atoms with van der Waals surface area (Å²) in [6.45, 7) is 4.34.